The Hall–Kier alpha value is -3.89. The number of nitrogens with zero attached hydrogens (tertiary/aromatic N) is 3. The first-order valence-corrected chi connectivity index (χ1v) is 9.95. The summed E-state index contributed by atoms with van der Waals surface area (Å²) < 4.78 is 0. The van der Waals surface area contributed by atoms with Crippen molar-refractivity contribution in [2.45, 2.75) is 16.7 Å². The highest BCUT2D eigenvalue weighted by Crippen LogP contribution is 2.36. The average molecular weight is 412 g/mol. The number of nitriles is 1. The fraction of sp³-hybridized carbons (Fsp3) is 0.0435. The molecule has 1 aromatic heterocycles. The number of H-pyrrole nitrogens is 1. The number of nitro benzene ring substituents is 1. The lowest BCUT2D eigenvalue weighted by Gasteiger charge is -2.05. The first-order valence-electron chi connectivity index (χ1n) is 9.13. The van der Waals surface area contributed by atoms with E-state index in [1.165, 1.54) is 17.8 Å². The van der Waals surface area contributed by atoms with E-state index in [9.17, 15) is 15.4 Å². The van der Waals surface area contributed by atoms with Crippen molar-refractivity contribution in [1.29, 1.82) is 5.26 Å². The quantitative estimate of drug-likeness (QED) is 0.247. The summed E-state index contributed by atoms with van der Waals surface area (Å²) in [5.74, 6) is 0.430. The van der Waals surface area contributed by atoms with Gasteiger partial charge < -0.3 is 4.98 Å². The third-order valence-electron chi connectivity index (χ3n) is 4.50. The second-order valence-corrected chi connectivity index (χ2v) is 7.79. The molecule has 0 unspecified atom stereocenters. The smallest absolute Gasteiger partial charge is 0.283 e. The van der Waals surface area contributed by atoms with Gasteiger partial charge in [0.2, 0.25) is 0 Å². The first kappa shape index (κ1) is 19.4. The summed E-state index contributed by atoms with van der Waals surface area (Å²) in [5, 5.41) is 21.2. The summed E-state index contributed by atoms with van der Waals surface area (Å²) in [6.45, 7) is 1.99. The third-order valence-corrected chi connectivity index (χ3v) is 5.58. The zero-order valence-electron chi connectivity index (χ0n) is 16.0. The van der Waals surface area contributed by atoms with Gasteiger partial charge in [-0.05, 0) is 48.9 Å². The number of aryl methyl sites for hydroxylation is 1. The number of imidazole rings is 1. The Balaban J connectivity index is 1.69. The van der Waals surface area contributed by atoms with E-state index in [0.29, 0.717) is 21.9 Å². The van der Waals surface area contributed by atoms with Gasteiger partial charge in [-0.3, -0.25) is 10.1 Å². The number of hydrogen-bond donors (Lipinski definition) is 1. The predicted octanol–water partition coefficient (Wildman–Crippen LogP) is 5.99. The van der Waals surface area contributed by atoms with Crippen LogP contribution in [0.25, 0.3) is 22.7 Å². The van der Waals surface area contributed by atoms with Crippen LogP contribution in [-0.2, 0) is 0 Å². The molecule has 30 heavy (non-hydrogen) atoms. The average Bonchev–Trinajstić information content (AvgIpc) is 3.18. The maximum Gasteiger partial charge on any atom is 0.283 e. The van der Waals surface area contributed by atoms with Crippen molar-refractivity contribution < 1.29 is 4.92 Å². The van der Waals surface area contributed by atoms with Crippen molar-refractivity contribution in [3.8, 4) is 6.07 Å². The van der Waals surface area contributed by atoms with Crippen molar-refractivity contribution >= 4 is 40.1 Å². The molecule has 4 rings (SSSR count). The summed E-state index contributed by atoms with van der Waals surface area (Å²) in [6, 6.07) is 22.4. The molecule has 4 aromatic rings. The highest BCUT2D eigenvalue weighted by Gasteiger charge is 2.16. The molecule has 146 valence electrons. The van der Waals surface area contributed by atoms with Crippen LogP contribution in [-0.4, -0.2) is 14.9 Å². The van der Waals surface area contributed by atoms with Crippen LogP contribution in [0.3, 0.4) is 0 Å². The van der Waals surface area contributed by atoms with Crippen LogP contribution >= 0.6 is 11.8 Å². The van der Waals surface area contributed by atoms with E-state index < -0.39 is 4.92 Å². The standard InChI is InChI=1S/C23H16N4O2S/c1-15-6-9-18(10-7-15)30-22-11-8-16(13-21(22)27(28)29)12-17(14-24)23-25-19-4-2-3-5-20(19)26-23/h2-13H,1H3,(H,25,26). The fourth-order valence-corrected chi connectivity index (χ4v) is 3.89. The first-order chi connectivity index (χ1) is 14.5. The lowest BCUT2D eigenvalue weighted by Crippen LogP contribution is -1.92. The lowest BCUT2D eigenvalue weighted by molar-refractivity contribution is -0.387. The van der Waals surface area contributed by atoms with Crippen molar-refractivity contribution in [2.24, 2.45) is 0 Å². The normalized spacial score (nSPS) is 11.4. The van der Waals surface area contributed by atoms with Crippen LogP contribution < -0.4 is 0 Å². The minimum Gasteiger partial charge on any atom is -0.337 e. The monoisotopic (exact) mass is 412 g/mol. The van der Waals surface area contributed by atoms with E-state index in [1.54, 1.807) is 18.2 Å². The number of nitro groups is 1. The van der Waals surface area contributed by atoms with Crippen LogP contribution in [0.5, 0.6) is 0 Å². The summed E-state index contributed by atoms with van der Waals surface area (Å²) in [6.07, 6.45) is 1.60. The molecule has 0 spiro atoms. The Kier molecular flexibility index (Phi) is 5.33. The van der Waals surface area contributed by atoms with Crippen molar-refractivity contribution in [3.63, 3.8) is 0 Å². The van der Waals surface area contributed by atoms with E-state index >= 15 is 0 Å². The SMILES string of the molecule is Cc1ccc(Sc2ccc(C=C(C#N)c3nc4ccccc4[nH]3)cc2[N+](=O)[O-])cc1. The molecular formula is C23H16N4O2S. The molecular weight excluding hydrogens is 396 g/mol. The van der Waals surface area contributed by atoms with E-state index in [1.807, 2.05) is 55.5 Å². The largest absolute Gasteiger partial charge is 0.337 e. The fourth-order valence-electron chi connectivity index (χ4n) is 2.99. The molecule has 0 radical (unpaired) electrons. The summed E-state index contributed by atoms with van der Waals surface area (Å²) in [4.78, 5) is 20.3. The molecule has 0 saturated carbocycles. The number of hydrogen-bond acceptors (Lipinski definition) is 5. The molecule has 0 atom stereocenters. The van der Waals surface area contributed by atoms with Gasteiger partial charge in [0.25, 0.3) is 5.69 Å². The molecule has 0 amide bonds. The Morgan fingerprint density at radius 3 is 2.63 bits per heavy atom. The lowest BCUT2D eigenvalue weighted by atomic mass is 10.1. The Bertz CT molecular complexity index is 1280. The number of benzene rings is 3. The number of aromatic nitrogens is 2. The molecule has 0 fully saturated rings. The number of rotatable bonds is 5. The maximum absolute atomic E-state index is 11.6. The van der Waals surface area contributed by atoms with Gasteiger partial charge in [0.1, 0.15) is 11.9 Å². The molecule has 1 heterocycles. The molecule has 0 bridgehead atoms. The number of allylic oxidation sites excluding steroid dienone is 1. The van der Waals surface area contributed by atoms with Gasteiger partial charge in [-0.15, -0.1) is 0 Å². The van der Waals surface area contributed by atoms with E-state index in [2.05, 4.69) is 16.0 Å². The van der Waals surface area contributed by atoms with Crippen LogP contribution in [0.1, 0.15) is 17.0 Å². The predicted molar refractivity (Wildman–Crippen MR) is 118 cm³/mol. The van der Waals surface area contributed by atoms with Crippen LogP contribution in [0.15, 0.2) is 76.5 Å². The molecule has 0 aliphatic rings. The molecule has 0 aliphatic heterocycles. The zero-order chi connectivity index (χ0) is 21.1. The second kappa shape index (κ2) is 8.23. The van der Waals surface area contributed by atoms with Crippen molar-refractivity contribution in [2.75, 3.05) is 0 Å². The zero-order valence-corrected chi connectivity index (χ0v) is 16.8. The summed E-state index contributed by atoms with van der Waals surface area (Å²) >= 11 is 1.34. The van der Waals surface area contributed by atoms with Gasteiger partial charge in [-0.1, -0.05) is 47.7 Å². The Morgan fingerprint density at radius 2 is 1.93 bits per heavy atom. The van der Waals surface area contributed by atoms with Gasteiger partial charge >= 0.3 is 0 Å². The third kappa shape index (κ3) is 4.09. The Labute approximate surface area is 177 Å². The molecule has 0 aliphatic carbocycles. The number of nitrogens with one attached hydrogen (secondary N) is 1. The van der Waals surface area contributed by atoms with Gasteiger partial charge in [0, 0.05) is 11.0 Å². The summed E-state index contributed by atoms with van der Waals surface area (Å²) in [7, 11) is 0. The second-order valence-electron chi connectivity index (χ2n) is 6.67. The highest BCUT2D eigenvalue weighted by atomic mass is 32.2. The maximum atomic E-state index is 11.6. The molecule has 6 nitrogen and oxygen atoms in total. The van der Waals surface area contributed by atoms with Crippen LogP contribution in [0.4, 0.5) is 5.69 Å². The van der Waals surface area contributed by atoms with E-state index in [0.717, 1.165) is 21.5 Å². The van der Waals surface area contributed by atoms with Crippen LogP contribution in [0.2, 0.25) is 0 Å². The minimum absolute atomic E-state index is 0.00350. The Morgan fingerprint density at radius 1 is 1.17 bits per heavy atom. The van der Waals surface area contributed by atoms with Gasteiger partial charge in [0.05, 0.1) is 26.4 Å². The van der Waals surface area contributed by atoms with Crippen molar-refractivity contribution in [3.05, 3.63) is 93.8 Å². The minimum atomic E-state index is -0.402. The number of para-hydroxylation sites is 2. The number of fused-ring (bicyclic) bond motifs is 1. The molecule has 0 saturated heterocycles. The highest BCUT2D eigenvalue weighted by molar-refractivity contribution is 7.99. The molecule has 7 heteroatoms. The summed E-state index contributed by atoms with van der Waals surface area (Å²) in [5.41, 5.74) is 3.57. The van der Waals surface area contributed by atoms with Crippen molar-refractivity contribution in [1.82, 2.24) is 9.97 Å². The number of aromatic amines is 1. The topological polar surface area (TPSA) is 95.6 Å². The van der Waals surface area contributed by atoms with E-state index in [-0.39, 0.29) is 5.69 Å². The van der Waals surface area contributed by atoms with Crippen LogP contribution in [0, 0.1) is 28.4 Å². The van der Waals surface area contributed by atoms with Gasteiger partial charge in [-0.2, -0.15) is 5.26 Å². The molecule has 1 N–H and O–H groups in total. The molecule has 3 aromatic carbocycles. The van der Waals surface area contributed by atoms with E-state index in [4.69, 9.17) is 0 Å². The van der Waals surface area contributed by atoms with Gasteiger partial charge in [0.15, 0.2) is 0 Å². The van der Waals surface area contributed by atoms with Gasteiger partial charge in [-0.25, -0.2) is 4.98 Å².